The van der Waals surface area contributed by atoms with Gasteiger partial charge in [0.05, 0.1) is 11.7 Å². The molecule has 0 radical (unpaired) electrons. The SMILES string of the molecule is CC(C)c1cc2[nH]ncc2c2ccccc12. The Morgan fingerprint density at radius 1 is 1.06 bits per heavy atom. The van der Waals surface area contributed by atoms with Gasteiger partial charge in [-0.15, -0.1) is 0 Å². The first kappa shape index (κ1) is 9.40. The van der Waals surface area contributed by atoms with Crippen molar-refractivity contribution in [1.29, 1.82) is 0 Å². The van der Waals surface area contributed by atoms with Crippen molar-refractivity contribution in [3.05, 3.63) is 42.1 Å². The number of H-pyrrole nitrogens is 1. The van der Waals surface area contributed by atoms with E-state index in [2.05, 4.69) is 54.4 Å². The second-order valence-corrected chi connectivity index (χ2v) is 4.50. The van der Waals surface area contributed by atoms with Crippen LogP contribution in [0.4, 0.5) is 0 Å². The van der Waals surface area contributed by atoms with Gasteiger partial charge >= 0.3 is 0 Å². The lowest BCUT2D eigenvalue weighted by atomic mass is 9.94. The lowest BCUT2D eigenvalue weighted by Crippen LogP contribution is -1.90. The standard InChI is InChI=1S/C14H14N2/c1-9(2)12-7-14-13(8-15-16-14)11-6-4-3-5-10(11)12/h3-9H,1-2H3,(H,15,16). The first-order chi connectivity index (χ1) is 7.77. The number of nitrogens with one attached hydrogen (secondary N) is 1. The molecule has 1 N–H and O–H groups in total. The summed E-state index contributed by atoms with van der Waals surface area (Å²) in [6.07, 6.45) is 1.90. The van der Waals surface area contributed by atoms with Gasteiger partial charge in [0.2, 0.25) is 0 Å². The summed E-state index contributed by atoms with van der Waals surface area (Å²) in [7, 11) is 0. The maximum Gasteiger partial charge on any atom is 0.0659 e. The Labute approximate surface area is 94.3 Å². The third-order valence-corrected chi connectivity index (χ3v) is 3.12. The van der Waals surface area contributed by atoms with E-state index in [0.29, 0.717) is 5.92 Å². The number of aromatic nitrogens is 2. The van der Waals surface area contributed by atoms with Gasteiger partial charge in [-0.2, -0.15) is 5.10 Å². The zero-order valence-electron chi connectivity index (χ0n) is 9.49. The first-order valence-electron chi connectivity index (χ1n) is 5.62. The Bertz CT molecular complexity index is 650. The molecule has 0 bridgehead atoms. The highest BCUT2D eigenvalue weighted by molar-refractivity contribution is 6.07. The van der Waals surface area contributed by atoms with Crippen molar-refractivity contribution in [3.63, 3.8) is 0 Å². The first-order valence-corrected chi connectivity index (χ1v) is 5.62. The van der Waals surface area contributed by atoms with Crippen LogP contribution >= 0.6 is 0 Å². The Kier molecular flexibility index (Phi) is 1.96. The lowest BCUT2D eigenvalue weighted by Gasteiger charge is -2.10. The zero-order valence-corrected chi connectivity index (χ0v) is 9.49. The molecule has 0 spiro atoms. The third-order valence-electron chi connectivity index (χ3n) is 3.12. The van der Waals surface area contributed by atoms with Gasteiger partial charge in [0.25, 0.3) is 0 Å². The van der Waals surface area contributed by atoms with E-state index in [-0.39, 0.29) is 0 Å². The Hall–Kier alpha value is -1.83. The largest absolute Gasteiger partial charge is 0.278 e. The van der Waals surface area contributed by atoms with Gasteiger partial charge in [0, 0.05) is 5.39 Å². The monoisotopic (exact) mass is 210 g/mol. The summed E-state index contributed by atoms with van der Waals surface area (Å²) < 4.78 is 0. The van der Waals surface area contributed by atoms with Crippen LogP contribution in [0.2, 0.25) is 0 Å². The van der Waals surface area contributed by atoms with Crippen LogP contribution in [-0.2, 0) is 0 Å². The van der Waals surface area contributed by atoms with Crippen LogP contribution in [0.25, 0.3) is 21.7 Å². The smallest absolute Gasteiger partial charge is 0.0659 e. The van der Waals surface area contributed by atoms with E-state index in [1.54, 1.807) is 0 Å². The van der Waals surface area contributed by atoms with Crippen LogP contribution in [0.5, 0.6) is 0 Å². The summed E-state index contributed by atoms with van der Waals surface area (Å²) in [6, 6.07) is 10.8. The molecule has 0 aliphatic heterocycles. The highest BCUT2D eigenvalue weighted by Crippen LogP contribution is 2.31. The summed E-state index contributed by atoms with van der Waals surface area (Å²) >= 11 is 0. The van der Waals surface area contributed by atoms with E-state index in [1.165, 1.54) is 21.7 Å². The second-order valence-electron chi connectivity index (χ2n) is 4.50. The van der Waals surface area contributed by atoms with Crippen LogP contribution in [0.1, 0.15) is 25.3 Å². The molecular weight excluding hydrogens is 196 g/mol. The number of hydrogen-bond acceptors (Lipinski definition) is 1. The van der Waals surface area contributed by atoms with Crippen LogP contribution in [-0.4, -0.2) is 10.2 Å². The van der Waals surface area contributed by atoms with Gasteiger partial charge in [0.15, 0.2) is 0 Å². The minimum absolute atomic E-state index is 0.526. The van der Waals surface area contributed by atoms with Crippen LogP contribution in [0.15, 0.2) is 36.5 Å². The van der Waals surface area contributed by atoms with E-state index < -0.39 is 0 Å². The number of nitrogens with zero attached hydrogens (tertiary/aromatic N) is 1. The number of hydrogen-bond donors (Lipinski definition) is 1. The fraction of sp³-hybridized carbons (Fsp3) is 0.214. The molecule has 1 aromatic heterocycles. The Morgan fingerprint density at radius 3 is 2.56 bits per heavy atom. The number of aromatic amines is 1. The average molecular weight is 210 g/mol. The fourth-order valence-corrected chi connectivity index (χ4v) is 2.30. The van der Waals surface area contributed by atoms with Crippen LogP contribution in [0.3, 0.4) is 0 Å². The molecule has 80 valence electrons. The van der Waals surface area contributed by atoms with Gasteiger partial charge in [0.1, 0.15) is 0 Å². The van der Waals surface area contributed by atoms with Crippen LogP contribution in [0, 0.1) is 0 Å². The molecule has 3 rings (SSSR count). The normalized spacial score (nSPS) is 11.7. The molecule has 0 atom stereocenters. The molecule has 0 aliphatic rings. The van der Waals surface area contributed by atoms with Crippen molar-refractivity contribution in [2.24, 2.45) is 0 Å². The van der Waals surface area contributed by atoms with Crippen molar-refractivity contribution in [1.82, 2.24) is 10.2 Å². The van der Waals surface area contributed by atoms with Gasteiger partial charge in [-0.05, 0) is 28.3 Å². The molecule has 2 aromatic carbocycles. The molecule has 3 aromatic rings. The zero-order chi connectivity index (χ0) is 11.1. The fourth-order valence-electron chi connectivity index (χ4n) is 2.30. The van der Waals surface area contributed by atoms with Crippen molar-refractivity contribution in [2.45, 2.75) is 19.8 Å². The van der Waals surface area contributed by atoms with Gasteiger partial charge in [-0.1, -0.05) is 38.1 Å². The van der Waals surface area contributed by atoms with Crippen molar-refractivity contribution < 1.29 is 0 Å². The lowest BCUT2D eigenvalue weighted by molar-refractivity contribution is 0.877. The van der Waals surface area contributed by atoms with E-state index in [1.807, 2.05) is 6.20 Å². The average Bonchev–Trinajstić information content (AvgIpc) is 2.75. The van der Waals surface area contributed by atoms with E-state index >= 15 is 0 Å². The molecule has 0 aliphatic carbocycles. The highest BCUT2D eigenvalue weighted by Gasteiger charge is 2.09. The maximum absolute atomic E-state index is 4.13. The minimum atomic E-state index is 0.526. The highest BCUT2D eigenvalue weighted by atomic mass is 15.1. The summed E-state index contributed by atoms with van der Waals surface area (Å²) in [5.74, 6) is 0.526. The van der Waals surface area contributed by atoms with Crippen molar-refractivity contribution in [2.75, 3.05) is 0 Å². The number of rotatable bonds is 1. The Balaban J connectivity index is 2.55. The predicted molar refractivity (Wildman–Crippen MR) is 67.7 cm³/mol. The molecule has 0 saturated carbocycles. The van der Waals surface area contributed by atoms with E-state index in [9.17, 15) is 0 Å². The summed E-state index contributed by atoms with van der Waals surface area (Å²) in [4.78, 5) is 0. The maximum atomic E-state index is 4.13. The second kappa shape index (κ2) is 3.34. The number of fused-ring (bicyclic) bond motifs is 3. The van der Waals surface area contributed by atoms with E-state index in [0.717, 1.165) is 5.52 Å². The molecule has 2 heteroatoms. The van der Waals surface area contributed by atoms with Crippen molar-refractivity contribution in [3.8, 4) is 0 Å². The van der Waals surface area contributed by atoms with Gasteiger partial charge < -0.3 is 0 Å². The van der Waals surface area contributed by atoms with E-state index in [4.69, 9.17) is 0 Å². The van der Waals surface area contributed by atoms with Gasteiger partial charge in [-0.25, -0.2) is 0 Å². The summed E-state index contributed by atoms with van der Waals surface area (Å²) in [5, 5.41) is 11.0. The minimum Gasteiger partial charge on any atom is -0.278 e. The van der Waals surface area contributed by atoms with Gasteiger partial charge in [-0.3, -0.25) is 5.10 Å². The molecule has 0 fully saturated rings. The number of benzene rings is 2. The third kappa shape index (κ3) is 1.23. The molecule has 16 heavy (non-hydrogen) atoms. The molecule has 0 amide bonds. The topological polar surface area (TPSA) is 28.7 Å². The summed E-state index contributed by atoms with van der Waals surface area (Å²) in [5.41, 5.74) is 2.51. The molecule has 2 nitrogen and oxygen atoms in total. The molecule has 0 saturated heterocycles. The molecule has 1 heterocycles. The predicted octanol–water partition coefficient (Wildman–Crippen LogP) is 3.84. The molecular formula is C14H14N2. The summed E-state index contributed by atoms with van der Waals surface area (Å²) in [6.45, 7) is 4.45. The van der Waals surface area contributed by atoms with Crippen molar-refractivity contribution >= 4 is 21.7 Å². The van der Waals surface area contributed by atoms with Crippen LogP contribution < -0.4 is 0 Å². The Morgan fingerprint density at radius 2 is 1.81 bits per heavy atom. The molecule has 0 unspecified atom stereocenters. The quantitative estimate of drug-likeness (QED) is 0.649.